The van der Waals surface area contributed by atoms with Crippen molar-refractivity contribution in [3.63, 3.8) is 0 Å². The number of carbonyl (C=O) groups excluding carboxylic acids is 2. The van der Waals surface area contributed by atoms with Gasteiger partial charge in [-0.25, -0.2) is 0 Å². The molecular weight excluding hydrogens is 925 g/mol. The smallest absolute Gasteiger partial charge is 0.193 e. The van der Waals surface area contributed by atoms with E-state index in [9.17, 15) is 0 Å². The molecule has 0 heterocycles. The van der Waals surface area contributed by atoms with E-state index >= 15 is 9.59 Å². The van der Waals surface area contributed by atoms with Crippen LogP contribution < -0.4 is 9.80 Å². The van der Waals surface area contributed by atoms with Gasteiger partial charge < -0.3 is 9.80 Å². The Morgan fingerprint density at radius 2 is 0.618 bits per heavy atom. The highest BCUT2D eigenvalue weighted by Crippen LogP contribution is 2.61. The molecule has 2 aliphatic carbocycles. The van der Waals surface area contributed by atoms with E-state index in [1.54, 1.807) is 6.07 Å². The van der Waals surface area contributed by atoms with Crippen molar-refractivity contribution in [1.29, 1.82) is 0 Å². The van der Waals surface area contributed by atoms with Gasteiger partial charge in [0.25, 0.3) is 0 Å². The zero-order chi connectivity index (χ0) is 51.4. The summed E-state index contributed by atoms with van der Waals surface area (Å²) >= 11 is 0. The summed E-state index contributed by atoms with van der Waals surface area (Å²) < 4.78 is 0. The Morgan fingerprint density at radius 1 is 0.276 bits per heavy atom. The van der Waals surface area contributed by atoms with Crippen molar-refractivity contribution in [1.82, 2.24) is 0 Å². The van der Waals surface area contributed by atoms with E-state index in [2.05, 4.69) is 236 Å². The molecule has 1 unspecified atom stereocenters. The molecule has 0 radical (unpaired) electrons. The fraction of sp³-hybridized carbons (Fsp3) is 0.0556. The molecule has 0 fully saturated rings. The third kappa shape index (κ3) is 7.60. The minimum atomic E-state index is -1.12. The number of hydrogen-bond acceptors (Lipinski definition) is 4. The zero-order valence-electron chi connectivity index (χ0n) is 42.3. The molecule has 11 aromatic carbocycles. The highest BCUT2D eigenvalue weighted by atomic mass is 16.1. The van der Waals surface area contributed by atoms with Gasteiger partial charge in [-0.05, 0) is 153 Å². The largest absolute Gasteiger partial charge is 0.310 e. The van der Waals surface area contributed by atoms with Crippen LogP contribution in [0.2, 0.25) is 0 Å². The van der Waals surface area contributed by atoms with Gasteiger partial charge in [0.1, 0.15) is 0 Å². The fourth-order valence-electron chi connectivity index (χ4n) is 12.2. The maximum absolute atomic E-state index is 15.2. The van der Waals surface area contributed by atoms with Crippen molar-refractivity contribution in [2.75, 3.05) is 9.80 Å². The molecule has 2 aliphatic rings. The molecule has 4 nitrogen and oxygen atoms in total. The van der Waals surface area contributed by atoms with Crippen LogP contribution in [0.4, 0.5) is 34.1 Å². The van der Waals surface area contributed by atoms with Gasteiger partial charge in [0, 0.05) is 61.8 Å². The summed E-state index contributed by atoms with van der Waals surface area (Å²) in [5.41, 5.74) is 17.4. The monoisotopic (exact) mass is 976 g/mol. The highest BCUT2D eigenvalue weighted by Gasteiger charge is 2.49. The summed E-state index contributed by atoms with van der Waals surface area (Å²) in [6.07, 6.45) is 0. The number of rotatable bonds is 12. The summed E-state index contributed by atoms with van der Waals surface area (Å²) in [4.78, 5) is 35.1. The Labute approximate surface area is 444 Å². The average Bonchev–Trinajstić information content (AvgIpc) is 3.91. The quantitative estimate of drug-likeness (QED) is 0.114. The van der Waals surface area contributed by atoms with Crippen molar-refractivity contribution in [3.8, 4) is 22.3 Å². The Hall–Kier alpha value is -9.64. The molecule has 4 heteroatoms. The molecule has 0 saturated heterocycles. The van der Waals surface area contributed by atoms with E-state index in [1.165, 1.54) is 22.3 Å². The highest BCUT2D eigenvalue weighted by molar-refractivity contribution is 6.14. The lowest BCUT2D eigenvalue weighted by Crippen LogP contribution is -2.30. The first-order valence-corrected chi connectivity index (χ1v) is 26.0. The van der Waals surface area contributed by atoms with Gasteiger partial charge in [-0.3, -0.25) is 9.59 Å². The second-order valence-electron chi connectivity index (χ2n) is 20.3. The molecule has 0 aliphatic heterocycles. The number of benzene rings is 11. The first-order valence-electron chi connectivity index (χ1n) is 26.0. The van der Waals surface area contributed by atoms with Crippen LogP contribution >= 0.6 is 0 Å². The lowest BCUT2D eigenvalue weighted by atomic mass is 9.66. The van der Waals surface area contributed by atoms with E-state index in [0.717, 1.165) is 67.5 Å². The molecule has 0 spiro atoms. The first-order chi connectivity index (χ1) is 37.3. The number of ketones is 2. The third-order valence-electron chi connectivity index (χ3n) is 15.6. The standard InChI is InChI=1S/C72H52N2O2/c1-71(2)65-39-23-21-37-61(65)63-48-68-64(47-67(63)71)62-38-22-24-40-66(62)72(68,53-42-51(69(75)49-25-9-3-10-26-49)41-52(43-53)70(76)50-27-11-4-12-28-50)54-44-59(73(55-29-13-5-14-30-55)56-31-15-6-16-32-56)46-60(45-54)74(57-33-17-7-18-34-57)58-35-19-8-20-36-58/h3-48H,1-2H3. The van der Waals surface area contributed by atoms with Crippen molar-refractivity contribution in [3.05, 3.63) is 335 Å². The number of fused-ring (bicyclic) bond motifs is 6. The van der Waals surface area contributed by atoms with Crippen LogP contribution in [0.15, 0.2) is 279 Å². The van der Waals surface area contributed by atoms with Gasteiger partial charge in [0.2, 0.25) is 0 Å². The molecule has 362 valence electrons. The van der Waals surface area contributed by atoms with Crippen molar-refractivity contribution in [2.24, 2.45) is 0 Å². The summed E-state index contributed by atoms with van der Waals surface area (Å²) in [5, 5.41) is 0. The molecule has 0 saturated carbocycles. The summed E-state index contributed by atoms with van der Waals surface area (Å²) in [6.45, 7) is 4.66. The van der Waals surface area contributed by atoms with E-state index in [-0.39, 0.29) is 17.0 Å². The lowest BCUT2D eigenvalue weighted by Gasteiger charge is -2.37. The Bertz CT molecular complexity index is 3740. The predicted octanol–water partition coefficient (Wildman–Crippen LogP) is 17.8. The zero-order valence-corrected chi connectivity index (χ0v) is 42.3. The van der Waals surface area contributed by atoms with Crippen LogP contribution in [0, 0.1) is 0 Å². The number of nitrogens with zero attached hydrogens (tertiary/aromatic N) is 2. The van der Waals surface area contributed by atoms with Gasteiger partial charge in [0.15, 0.2) is 11.6 Å². The third-order valence-corrected chi connectivity index (χ3v) is 15.6. The number of carbonyl (C=O) groups is 2. The Kier molecular flexibility index (Phi) is 11.4. The van der Waals surface area contributed by atoms with Crippen LogP contribution in [0.5, 0.6) is 0 Å². The Morgan fingerprint density at radius 3 is 1.07 bits per heavy atom. The molecule has 13 rings (SSSR count). The van der Waals surface area contributed by atoms with Crippen LogP contribution in [-0.2, 0) is 10.8 Å². The molecule has 11 aromatic rings. The molecule has 76 heavy (non-hydrogen) atoms. The van der Waals surface area contributed by atoms with Crippen LogP contribution in [0.3, 0.4) is 0 Å². The second-order valence-corrected chi connectivity index (χ2v) is 20.3. The SMILES string of the molecule is CC1(C)c2ccccc2-c2cc3c(cc21)-c1ccccc1C3(c1cc(C(=O)c2ccccc2)cc(C(=O)c2ccccc2)c1)c1cc(N(c2ccccc2)c2ccccc2)cc(N(c2ccccc2)c2ccccc2)c1. The average molecular weight is 977 g/mol. The van der Waals surface area contributed by atoms with Crippen LogP contribution in [0.25, 0.3) is 22.3 Å². The maximum Gasteiger partial charge on any atom is 0.193 e. The summed E-state index contributed by atoms with van der Waals surface area (Å²) in [5.74, 6) is -0.326. The van der Waals surface area contributed by atoms with Gasteiger partial charge in [-0.15, -0.1) is 0 Å². The predicted molar refractivity (Wildman–Crippen MR) is 310 cm³/mol. The van der Waals surface area contributed by atoms with Gasteiger partial charge in [-0.2, -0.15) is 0 Å². The van der Waals surface area contributed by atoms with Crippen molar-refractivity contribution < 1.29 is 9.59 Å². The molecule has 0 aromatic heterocycles. The van der Waals surface area contributed by atoms with E-state index < -0.39 is 5.41 Å². The minimum Gasteiger partial charge on any atom is -0.310 e. The number of anilines is 6. The second kappa shape index (κ2) is 18.7. The normalized spacial score (nSPS) is 14.4. The number of para-hydroxylation sites is 4. The maximum atomic E-state index is 15.2. The van der Waals surface area contributed by atoms with E-state index in [0.29, 0.717) is 22.3 Å². The van der Waals surface area contributed by atoms with Crippen LogP contribution in [0.1, 0.15) is 79.1 Å². The number of hydrogen-bond donors (Lipinski definition) is 0. The first kappa shape index (κ1) is 46.2. The van der Waals surface area contributed by atoms with E-state index in [1.807, 2.05) is 60.7 Å². The van der Waals surface area contributed by atoms with Crippen molar-refractivity contribution >= 4 is 45.7 Å². The minimum absolute atomic E-state index is 0.163. The van der Waals surface area contributed by atoms with Gasteiger partial charge in [-0.1, -0.05) is 196 Å². The van der Waals surface area contributed by atoms with Crippen LogP contribution in [-0.4, -0.2) is 11.6 Å². The molecule has 1 atom stereocenters. The molecule has 0 N–H and O–H groups in total. The lowest BCUT2D eigenvalue weighted by molar-refractivity contribution is 0.103. The molecule has 0 amide bonds. The Balaban J connectivity index is 1.21. The molecular formula is C72H52N2O2. The van der Waals surface area contributed by atoms with E-state index in [4.69, 9.17) is 0 Å². The molecule has 0 bridgehead atoms. The summed E-state index contributed by atoms with van der Waals surface area (Å²) in [6, 6.07) is 96.3. The van der Waals surface area contributed by atoms with Gasteiger partial charge >= 0.3 is 0 Å². The van der Waals surface area contributed by atoms with Gasteiger partial charge in [0.05, 0.1) is 5.41 Å². The summed E-state index contributed by atoms with van der Waals surface area (Å²) in [7, 11) is 0. The fourth-order valence-corrected chi connectivity index (χ4v) is 12.2. The topological polar surface area (TPSA) is 40.6 Å². The van der Waals surface area contributed by atoms with Crippen molar-refractivity contribution in [2.45, 2.75) is 24.7 Å².